The van der Waals surface area contributed by atoms with Crippen LogP contribution in [0, 0.1) is 0 Å². The summed E-state index contributed by atoms with van der Waals surface area (Å²) in [6.07, 6.45) is 0. The molecule has 4 nitrogen and oxygen atoms in total. The second kappa shape index (κ2) is 2.72. The average molecular weight is 192 g/mol. The molecular weight excluding hydrogens is 180 g/mol. The molecule has 0 bridgehead atoms. The van der Waals surface area contributed by atoms with E-state index in [-0.39, 0.29) is 5.69 Å². The van der Waals surface area contributed by atoms with Crippen molar-refractivity contribution in [2.24, 2.45) is 0 Å². The number of benzene rings is 1. The van der Waals surface area contributed by atoms with Crippen LogP contribution in [0.15, 0.2) is 23.0 Å². The normalized spacial score (nSPS) is 12.2. The fraction of sp³-hybridized carbons (Fsp3) is 0.300. The Kier molecular flexibility index (Phi) is 1.75. The Morgan fingerprint density at radius 3 is 2.64 bits per heavy atom. The Balaban J connectivity index is 2.83. The van der Waals surface area contributed by atoms with Crippen molar-refractivity contribution in [3.63, 3.8) is 0 Å². The van der Waals surface area contributed by atoms with Crippen molar-refractivity contribution < 1.29 is 5.11 Å². The maximum atomic E-state index is 11.1. The molecule has 3 N–H and O–H groups in total. The number of hydrogen-bond acceptors (Lipinski definition) is 2. The summed E-state index contributed by atoms with van der Waals surface area (Å²) in [4.78, 5) is 16.4. The van der Waals surface area contributed by atoms with Crippen LogP contribution in [-0.2, 0) is 5.60 Å². The highest BCUT2D eigenvalue weighted by Gasteiger charge is 2.19. The lowest BCUT2D eigenvalue weighted by Gasteiger charge is -2.17. The maximum Gasteiger partial charge on any atom is 0.323 e. The number of aromatic amines is 2. The first-order chi connectivity index (χ1) is 6.48. The third-order valence-corrected chi connectivity index (χ3v) is 2.21. The summed E-state index contributed by atoms with van der Waals surface area (Å²) in [5.74, 6) is 0. The number of aliphatic hydroxyl groups is 1. The number of fused-ring (bicyclic) bond motifs is 1. The minimum absolute atomic E-state index is 0.253. The van der Waals surface area contributed by atoms with Gasteiger partial charge < -0.3 is 15.1 Å². The quantitative estimate of drug-likeness (QED) is 0.633. The molecule has 0 fully saturated rings. The van der Waals surface area contributed by atoms with Crippen LogP contribution in [-0.4, -0.2) is 15.1 Å². The molecule has 2 rings (SSSR count). The lowest BCUT2D eigenvalue weighted by atomic mass is 9.97. The fourth-order valence-corrected chi connectivity index (χ4v) is 1.57. The minimum atomic E-state index is -0.954. The summed E-state index contributed by atoms with van der Waals surface area (Å²) in [6.45, 7) is 3.38. The van der Waals surface area contributed by atoms with E-state index in [1.165, 1.54) is 0 Å². The fourth-order valence-electron chi connectivity index (χ4n) is 1.57. The molecule has 14 heavy (non-hydrogen) atoms. The molecule has 0 aliphatic carbocycles. The summed E-state index contributed by atoms with van der Waals surface area (Å²) < 4.78 is 0. The summed E-state index contributed by atoms with van der Waals surface area (Å²) in [7, 11) is 0. The van der Waals surface area contributed by atoms with Gasteiger partial charge in [0.1, 0.15) is 0 Å². The molecule has 0 aliphatic heterocycles. The van der Waals surface area contributed by atoms with Crippen LogP contribution < -0.4 is 5.69 Å². The van der Waals surface area contributed by atoms with E-state index in [0.29, 0.717) is 11.1 Å². The van der Waals surface area contributed by atoms with Gasteiger partial charge in [-0.3, -0.25) is 0 Å². The highest BCUT2D eigenvalue weighted by Crippen LogP contribution is 2.24. The van der Waals surface area contributed by atoms with Gasteiger partial charge in [0.2, 0.25) is 0 Å². The topological polar surface area (TPSA) is 68.9 Å². The van der Waals surface area contributed by atoms with E-state index < -0.39 is 5.60 Å². The number of nitrogens with one attached hydrogen (secondary N) is 2. The maximum absolute atomic E-state index is 11.1. The molecule has 74 valence electrons. The zero-order chi connectivity index (χ0) is 10.3. The SMILES string of the molecule is CC(C)(O)c1cccc2[nH]c(=O)[nH]c12. The monoisotopic (exact) mass is 192 g/mol. The molecule has 4 heteroatoms. The lowest BCUT2D eigenvalue weighted by molar-refractivity contribution is 0.0800. The van der Waals surface area contributed by atoms with E-state index in [1.807, 2.05) is 0 Å². The number of imidazole rings is 1. The van der Waals surface area contributed by atoms with Crippen molar-refractivity contribution in [1.29, 1.82) is 0 Å². The van der Waals surface area contributed by atoms with Gasteiger partial charge in [0, 0.05) is 5.56 Å². The van der Waals surface area contributed by atoms with Crippen molar-refractivity contribution in [1.82, 2.24) is 9.97 Å². The van der Waals surface area contributed by atoms with E-state index in [9.17, 15) is 9.90 Å². The van der Waals surface area contributed by atoms with E-state index in [2.05, 4.69) is 9.97 Å². The molecule has 0 amide bonds. The molecule has 2 aromatic rings. The summed E-state index contributed by atoms with van der Waals surface area (Å²) in [6, 6.07) is 5.40. The zero-order valence-corrected chi connectivity index (χ0v) is 8.09. The third kappa shape index (κ3) is 1.33. The molecular formula is C10H12N2O2. The average Bonchev–Trinajstić information content (AvgIpc) is 2.41. The summed E-state index contributed by atoms with van der Waals surface area (Å²) in [5, 5.41) is 9.86. The first-order valence-electron chi connectivity index (χ1n) is 4.42. The molecule has 0 spiro atoms. The van der Waals surface area contributed by atoms with Gasteiger partial charge >= 0.3 is 5.69 Å². The molecule has 0 saturated carbocycles. The third-order valence-electron chi connectivity index (χ3n) is 2.21. The molecule has 0 saturated heterocycles. The Bertz CT molecular complexity index is 517. The molecule has 0 radical (unpaired) electrons. The lowest BCUT2D eigenvalue weighted by Crippen LogP contribution is -2.16. The van der Waals surface area contributed by atoms with Gasteiger partial charge in [-0.1, -0.05) is 12.1 Å². The number of rotatable bonds is 1. The molecule has 0 atom stereocenters. The standard InChI is InChI=1S/C10H12N2O2/c1-10(2,14)6-4-3-5-7-8(6)12-9(13)11-7/h3-5,14H,1-2H3,(H2,11,12,13). The van der Waals surface area contributed by atoms with Gasteiger partial charge in [-0.2, -0.15) is 0 Å². The first-order valence-corrected chi connectivity index (χ1v) is 4.42. The van der Waals surface area contributed by atoms with Crippen molar-refractivity contribution in [3.8, 4) is 0 Å². The number of aromatic nitrogens is 2. The van der Waals surface area contributed by atoms with Gasteiger partial charge in [0.25, 0.3) is 0 Å². The second-order valence-corrected chi connectivity index (χ2v) is 3.87. The highest BCUT2D eigenvalue weighted by molar-refractivity contribution is 5.78. The van der Waals surface area contributed by atoms with Crippen LogP contribution >= 0.6 is 0 Å². The first kappa shape index (κ1) is 9.02. The zero-order valence-electron chi connectivity index (χ0n) is 8.09. The van der Waals surface area contributed by atoms with Crippen LogP contribution in [0.3, 0.4) is 0 Å². The van der Waals surface area contributed by atoms with Gasteiger partial charge in [-0.25, -0.2) is 4.79 Å². The van der Waals surface area contributed by atoms with Gasteiger partial charge in [0.05, 0.1) is 16.6 Å². The number of H-pyrrole nitrogens is 2. The van der Waals surface area contributed by atoms with Crippen LogP contribution in [0.5, 0.6) is 0 Å². The molecule has 1 heterocycles. The van der Waals surface area contributed by atoms with E-state index in [1.54, 1.807) is 32.0 Å². The van der Waals surface area contributed by atoms with E-state index in [0.717, 1.165) is 5.52 Å². The van der Waals surface area contributed by atoms with E-state index in [4.69, 9.17) is 0 Å². The van der Waals surface area contributed by atoms with Crippen molar-refractivity contribution in [3.05, 3.63) is 34.2 Å². The van der Waals surface area contributed by atoms with Gasteiger partial charge in [0.15, 0.2) is 0 Å². The summed E-state index contributed by atoms with van der Waals surface area (Å²) >= 11 is 0. The summed E-state index contributed by atoms with van der Waals surface area (Å²) in [5.41, 5.74) is 0.898. The molecule has 1 aromatic heterocycles. The van der Waals surface area contributed by atoms with Crippen molar-refractivity contribution in [2.45, 2.75) is 19.4 Å². The molecule has 0 aliphatic rings. The minimum Gasteiger partial charge on any atom is -0.386 e. The number of para-hydroxylation sites is 1. The van der Waals surface area contributed by atoms with Crippen molar-refractivity contribution in [2.75, 3.05) is 0 Å². The smallest absolute Gasteiger partial charge is 0.323 e. The highest BCUT2D eigenvalue weighted by atomic mass is 16.3. The Morgan fingerprint density at radius 2 is 2.00 bits per heavy atom. The Hall–Kier alpha value is -1.55. The number of hydrogen-bond donors (Lipinski definition) is 3. The Morgan fingerprint density at radius 1 is 1.29 bits per heavy atom. The van der Waals surface area contributed by atoms with Crippen LogP contribution in [0.2, 0.25) is 0 Å². The van der Waals surface area contributed by atoms with Crippen LogP contribution in [0.25, 0.3) is 11.0 Å². The van der Waals surface area contributed by atoms with Gasteiger partial charge in [-0.15, -0.1) is 0 Å². The molecule has 1 aromatic carbocycles. The Labute approximate surface area is 80.6 Å². The van der Waals surface area contributed by atoms with Crippen molar-refractivity contribution >= 4 is 11.0 Å². The largest absolute Gasteiger partial charge is 0.386 e. The van der Waals surface area contributed by atoms with Gasteiger partial charge in [-0.05, 0) is 19.9 Å². The second-order valence-electron chi connectivity index (χ2n) is 3.87. The predicted octanol–water partition coefficient (Wildman–Crippen LogP) is 1.08. The van der Waals surface area contributed by atoms with Crippen LogP contribution in [0.1, 0.15) is 19.4 Å². The van der Waals surface area contributed by atoms with Crippen LogP contribution in [0.4, 0.5) is 0 Å². The van der Waals surface area contributed by atoms with E-state index >= 15 is 0 Å². The predicted molar refractivity (Wildman–Crippen MR) is 54.2 cm³/mol. The molecule has 0 unspecified atom stereocenters.